The standard InChI is InChI=1S/C25H29NO4/c1-25(2)29-22(18-27-17-20-12-7-4-8-13-20)24(30-25)23(21-14-9-15-28-21)26-16-19-10-5-3-6-11-19/h3-15,22-24,26H,16-18H2,1-2H3/t22-,23+,24-/m0/s1. The molecule has 1 saturated heterocycles. The maximum Gasteiger partial charge on any atom is 0.163 e. The van der Waals surface area contributed by atoms with E-state index in [-0.39, 0.29) is 18.2 Å². The van der Waals surface area contributed by atoms with Gasteiger partial charge in [-0.05, 0) is 37.1 Å². The summed E-state index contributed by atoms with van der Waals surface area (Å²) in [5.74, 6) is 0.135. The number of hydrogen-bond acceptors (Lipinski definition) is 5. The lowest BCUT2D eigenvalue weighted by Gasteiger charge is -2.26. The van der Waals surface area contributed by atoms with Crippen LogP contribution in [0.25, 0.3) is 0 Å². The topological polar surface area (TPSA) is 52.9 Å². The lowest BCUT2D eigenvalue weighted by molar-refractivity contribution is -0.153. The van der Waals surface area contributed by atoms with Crippen LogP contribution in [0.3, 0.4) is 0 Å². The third kappa shape index (κ3) is 5.37. The number of benzene rings is 2. The summed E-state index contributed by atoms with van der Waals surface area (Å²) in [6.07, 6.45) is 1.22. The number of rotatable bonds is 9. The zero-order chi connectivity index (χ0) is 20.8. The van der Waals surface area contributed by atoms with Crippen LogP contribution in [0.4, 0.5) is 0 Å². The Kier molecular flexibility index (Phi) is 6.65. The monoisotopic (exact) mass is 407 g/mol. The first kappa shape index (κ1) is 20.8. The molecule has 4 rings (SSSR count). The minimum absolute atomic E-state index is 0.160. The van der Waals surface area contributed by atoms with E-state index in [9.17, 15) is 0 Å². The van der Waals surface area contributed by atoms with Crippen LogP contribution in [-0.2, 0) is 27.4 Å². The lowest BCUT2D eigenvalue weighted by Crippen LogP contribution is -2.40. The number of furan rings is 1. The van der Waals surface area contributed by atoms with Crippen LogP contribution < -0.4 is 5.32 Å². The van der Waals surface area contributed by atoms with Gasteiger partial charge >= 0.3 is 0 Å². The summed E-state index contributed by atoms with van der Waals surface area (Å²) in [6, 6.07) is 24.1. The molecule has 1 N–H and O–H groups in total. The number of nitrogens with one attached hydrogen (secondary N) is 1. The number of hydrogen-bond donors (Lipinski definition) is 1. The van der Waals surface area contributed by atoms with Crippen molar-refractivity contribution in [1.29, 1.82) is 0 Å². The molecule has 0 saturated carbocycles. The predicted molar refractivity (Wildman–Crippen MR) is 115 cm³/mol. The first-order valence-electron chi connectivity index (χ1n) is 10.4. The molecule has 0 unspecified atom stereocenters. The molecule has 0 radical (unpaired) electrons. The molecular weight excluding hydrogens is 378 g/mol. The van der Waals surface area contributed by atoms with Crippen LogP contribution >= 0.6 is 0 Å². The molecule has 30 heavy (non-hydrogen) atoms. The van der Waals surface area contributed by atoms with E-state index in [0.717, 1.165) is 11.3 Å². The van der Waals surface area contributed by atoms with E-state index >= 15 is 0 Å². The van der Waals surface area contributed by atoms with Gasteiger partial charge in [-0.25, -0.2) is 0 Å². The second kappa shape index (κ2) is 9.58. The largest absolute Gasteiger partial charge is 0.468 e. The first-order chi connectivity index (χ1) is 14.6. The summed E-state index contributed by atoms with van der Waals surface area (Å²) >= 11 is 0. The Morgan fingerprint density at radius 1 is 0.900 bits per heavy atom. The normalized spacial score (nSPS) is 21.5. The maximum absolute atomic E-state index is 6.31. The van der Waals surface area contributed by atoms with Gasteiger partial charge < -0.3 is 23.9 Å². The fourth-order valence-electron chi connectivity index (χ4n) is 3.81. The van der Waals surface area contributed by atoms with Crippen LogP contribution in [0.1, 0.15) is 36.8 Å². The van der Waals surface area contributed by atoms with Crippen LogP contribution in [-0.4, -0.2) is 24.6 Å². The molecule has 1 aliphatic rings. The van der Waals surface area contributed by atoms with E-state index in [2.05, 4.69) is 29.6 Å². The van der Waals surface area contributed by atoms with E-state index in [1.165, 1.54) is 5.56 Å². The van der Waals surface area contributed by atoms with E-state index in [1.54, 1.807) is 6.26 Å². The van der Waals surface area contributed by atoms with E-state index in [0.29, 0.717) is 19.8 Å². The molecule has 2 heterocycles. The van der Waals surface area contributed by atoms with Gasteiger partial charge in [0.2, 0.25) is 0 Å². The molecule has 0 amide bonds. The molecule has 3 aromatic rings. The summed E-state index contributed by atoms with van der Waals surface area (Å²) in [5, 5.41) is 3.60. The van der Waals surface area contributed by atoms with Gasteiger partial charge in [0.1, 0.15) is 18.0 Å². The van der Waals surface area contributed by atoms with Crippen molar-refractivity contribution in [3.05, 3.63) is 95.9 Å². The van der Waals surface area contributed by atoms with Crippen molar-refractivity contribution < 1.29 is 18.6 Å². The van der Waals surface area contributed by atoms with Crippen molar-refractivity contribution in [2.75, 3.05) is 6.61 Å². The highest BCUT2D eigenvalue weighted by molar-refractivity contribution is 5.16. The Morgan fingerprint density at radius 2 is 1.60 bits per heavy atom. The van der Waals surface area contributed by atoms with Gasteiger partial charge in [-0.2, -0.15) is 0 Å². The van der Waals surface area contributed by atoms with Crippen LogP contribution in [0.5, 0.6) is 0 Å². The van der Waals surface area contributed by atoms with Gasteiger partial charge in [0.15, 0.2) is 5.79 Å². The Labute approximate surface area is 178 Å². The third-order valence-corrected chi connectivity index (χ3v) is 5.16. The van der Waals surface area contributed by atoms with Gasteiger partial charge in [0, 0.05) is 6.54 Å². The molecule has 5 heteroatoms. The van der Waals surface area contributed by atoms with E-state index < -0.39 is 5.79 Å². The molecule has 5 nitrogen and oxygen atoms in total. The molecule has 0 aliphatic carbocycles. The van der Waals surface area contributed by atoms with Crippen molar-refractivity contribution >= 4 is 0 Å². The van der Waals surface area contributed by atoms with Crippen molar-refractivity contribution in [2.24, 2.45) is 0 Å². The minimum Gasteiger partial charge on any atom is -0.468 e. The van der Waals surface area contributed by atoms with E-state index in [1.807, 2.05) is 62.4 Å². The molecule has 2 aromatic carbocycles. The highest BCUT2D eigenvalue weighted by Gasteiger charge is 2.46. The van der Waals surface area contributed by atoms with Gasteiger partial charge in [0.25, 0.3) is 0 Å². The molecule has 0 spiro atoms. The molecular formula is C25H29NO4. The minimum atomic E-state index is -0.690. The quantitative estimate of drug-likeness (QED) is 0.550. The molecule has 1 fully saturated rings. The van der Waals surface area contributed by atoms with Crippen molar-refractivity contribution in [3.8, 4) is 0 Å². The Bertz CT molecular complexity index is 880. The van der Waals surface area contributed by atoms with Crippen molar-refractivity contribution in [1.82, 2.24) is 5.32 Å². The Morgan fingerprint density at radius 3 is 2.27 bits per heavy atom. The Balaban J connectivity index is 1.46. The lowest BCUT2D eigenvalue weighted by atomic mass is 10.0. The van der Waals surface area contributed by atoms with Gasteiger partial charge in [0.05, 0.1) is 25.5 Å². The second-order valence-electron chi connectivity index (χ2n) is 8.00. The van der Waals surface area contributed by atoms with Gasteiger partial charge in [-0.15, -0.1) is 0 Å². The summed E-state index contributed by atoms with van der Waals surface area (Å²) in [7, 11) is 0. The number of ether oxygens (including phenoxy) is 3. The van der Waals surface area contributed by atoms with Gasteiger partial charge in [-0.3, -0.25) is 0 Å². The van der Waals surface area contributed by atoms with Crippen LogP contribution in [0.2, 0.25) is 0 Å². The smallest absolute Gasteiger partial charge is 0.163 e. The van der Waals surface area contributed by atoms with E-state index in [4.69, 9.17) is 18.6 Å². The van der Waals surface area contributed by atoms with Crippen molar-refractivity contribution in [3.63, 3.8) is 0 Å². The first-order valence-corrected chi connectivity index (χ1v) is 10.4. The maximum atomic E-state index is 6.31. The highest BCUT2D eigenvalue weighted by Crippen LogP contribution is 2.36. The molecule has 1 aromatic heterocycles. The van der Waals surface area contributed by atoms with Crippen LogP contribution in [0, 0.1) is 0 Å². The highest BCUT2D eigenvalue weighted by atomic mass is 16.8. The average Bonchev–Trinajstić information content (AvgIpc) is 3.38. The van der Waals surface area contributed by atoms with Crippen LogP contribution in [0.15, 0.2) is 83.5 Å². The molecule has 158 valence electrons. The predicted octanol–water partition coefficient (Wildman–Crippen LogP) is 4.85. The Hall–Kier alpha value is -2.44. The summed E-state index contributed by atoms with van der Waals surface area (Å²) < 4.78 is 24.3. The summed E-state index contributed by atoms with van der Waals surface area (Å²) in [5.41, 5.74) is 2.33. The SMILES string of the molecule is CC1(C)O[C@H]([C@H](NCc2ccccc2)c2ccco2)[C@H](COCc2ccccc2)O1. The molecule has 0 bridgehead atoms. The van der Waals surface area contributed by atoms with Crippen molar-refractivity contribution in [2.45, 2.75) is 51.0 Å². The summed E-state index contributed by atoms with van der Waals surface area (Å²) in [6.45, 7) is 5.55. The fraction of sp³-hybridized carbons (Fsp3) is 0.360. The fourth-order valence-corrected chi connectivity index (χ4v) is 3.81. The second-order valence-corrected chi connectivity index (χ2v) is 8.00. The zero-order valence-corrected chi connectivity index (χ0v) is 17.5. The third-order valence-electron chi connectivity index (χ3n) is 5.16. The molecule has 1 aliphatic heterocycles. The van der Waals surface area contributed by atoms with Gasteiger partial charge in [-0.1, -0.05) is 60.7 Å². The zero-order valence-electron chi connectivity index (χ0n) is 17.5. The molecule has 3 atom stereocenters. The summed E-state index contributed by atoms with van der Waals surface area (Å²) in [4.78, 5) is 0. The average molecular weight is 408 g/mol.